The van der Waals surface area contributed by atoms with Crippen molar-refractivity contribution in [3.05, 3.63) is 23.9 Å². The van der Waals surface area contributed by atoms with E-state index in [2.05, 4.69) is 50.1 Å². The minimum absolute atomic E-state index is 0.577. The molecule has 3 aliphatic carbocycles. The molecule has 2 bridgehead atoms. The summed E-state index contributed by atoms with van der Waals surface area (Å²) < 4.78 is 0. The fourth-order valence-electron chi connectivity index (χ4n) is 3.76. The first-order valence-corrected chi connectivity index (χ1v) is 7.30. The smallest absolute Gasteiger partial charge is 0.126 e. The molecule has 2 unspecified atom stereocenters. The quantitative estimate of drug-likeness (QED) is 0.868. The monoisotopic (exact) mass is 244 g/mol. The molecule has 3 aliphatic rings. The van der Waals surface area contributed by atoms with Crippen LogP contribution in [-0.2, 0) is 0 Å². The molecule has 1 N–H and O–H groups in total. The number of rotatable bonds is 4. The number of hydrogen-bond donors (Lipinski definition) is 1. The van der Waals surface area contributed by atoms with E-state index in [0.29, 0.717) is 12.0 Å². The van der Waals surface area contributed by atoms with Gasteiger partial charge in [-0.3, -0.25) is 0 Å². The van der Waals surface area contributed by atoms with E-state index in [9.17, 15) is 0 Å². The minimum atomic E-state index is 0.577. The van der Waals surface area contributed by atoms with Crippen molar-refractivity contribution >= 4 is 5.82 Å². The van der Waals surface area contributed by atoms with E-state index < -0.39 is 0 Å². The molecule has 4 rings (SSSR count). The zero-order chi connectivity index (χ0) is 12.9. The van der Waals surface area contributed by atoms with Crippen molar-refractivity contribution in [1.29, 1.82) is 0 Å². The summed E-state index contributed by atoms with van der Waals surface area (Å²) >= 11 is 0. The van der Waals surface area contributed by atoms with Crippen molar-refractivity contribution in [1.82, 2.24) is 4.98 Å². The van der Waals surface area contributed by atoms with Crippen LogP contribution in [0.15, 0.2) is 18.3 Å². The molecule has 2 heteroatoms. The summed E-state index contributed by atoms with van der Waals surface area (Å²) in [7, 11) is 0. The van der Waals surface area contributed by atoms with Gasteiger partial charge in [0.15, 0.2) is 0 Å². The Hall–Kier alpha value is -1.05. The van der Waals surface area contributed by atoms with Crippen LogP contribution in [0.25, 0.3) is 0 Å². The van der Waals surface area contributed by atoms with Gasteiger partial charge in [-0.05, 0) is 53.7 Å². The molecule has 0 radical (unpaired) electrons. The van der Waals surface area contributed by atoms with Crippen molar-refractivity contribution < 1.29 is 0 Å². The topological polar surface area (TPSA) is 24.9 Å². The molecule has 1 heterocycles. The van der Waals surface area contributed by atoms with Crippen molar-refractivity contribution in [2.75, 3.05) is 5.32 Å². The van der Waals surface area contributed by atoms with E-state index in [1.165, 1.54) is 12.0 Å². The van der Waals surface area contributed by atoms with Gasteiger partial charge in [-0.25, -0.2) is 4.98 Å². The lowest BCUT2D eigenvalue weighted by molar-refractivity contribution is -0.124. The van der Waals surface area contributed by atoms with Gasteiger partial charge in [0.05, 0.1) is 0 Å². The second kappa shape index (κ2) is 4.25. The van der Waals surface area contributed by atoms with Crippen LogP contribution in [0.2, 0.25) is 0 Å². The number of nitrogens with one attached hydrogen (secondary N) is 1. The van der Waals surface area contributed by atoms with Crippen LogP contribution in [-0.4, -0.2) is 11.0 Å². The van der Waals surface area contributed by atoms with Gasteiger partial charge in [0, 0.05) is 12.2 Å². The van der Waals surface area contributed by atoms with E-state index in [0.717, 1.165) is 29.5 Å². The molecule has 98 valence electrons. The fraction of sp³-hybridized carbons (Fsp3) is 0.688. The standard InChI is InChI=1S/C16H24N2/c1-9(2)11-5-6-17-14(7-11)18-16-12-8-13(16)15(12)10(3)4/h5-7,9-10,12-13,15-16H,8H2,1-4H3,(H,17,18). The summed E-state index contributed by atoms with van der Waals surface area (Å²) in [6.07, 6.45) is 3.37. The Morgan fingerprint density at radius 1 is 1.22 bits per heavy atom. The van der Waals surface area contributed by atoms with Crippen LogP contribution in [0.5, 0.6) is 0 Å². The summed E-state index contributed by atoms with van der Waals surface area (Å²) in [5.74, 6) is 5.27. The molecule has 18 heavy (non-hydrogen) atoms. The van der Waals surface area contributed by atoms with Crippen molar-refractivity contribution in [2.45, 2.75) is 46.1 Å². The Labute approximate surface area is 110 Å². The highest BCUT2D eigenvalue weighted by Crippen LogP contribution is 2.62. The first kappa shape index (κ1) is 12.0. The van der Waals surface area contributed by atoms with Crippen LogP contribution in [0.4, 0.5) is 5.82 Å². The van der Waals surface area contributed by atoms with E-state index in [1.807, 2.05) is 6.20 Å². The SMILES string of the molecule is CC(C)c1ccnc(NC2C3CC2C3C(C)C)c1. The molecule has 2 atom stereocenters. The predicted molar refractivity (Wildman–Crippen MR) is 75.7 cm³/mol. The molecule has 0 spiro atoms. The van der Waals surface area contributed by atoms with Crippen molar-refractivity contribution in [3.8, 4) is 0 Å². The summed E-state index contributed by atoms with van der Waals surface area (Å²) in [4.78, 5) is 4.46. The molecular weight excluding hydrogens is 220 g/mol. The molecule has 1 aromatic rings. The zero-order valence-corrected chi connectivity index (χ0v) is 11.9. The van der Waals surface area contributed by atoms with Gasteiger partial charge in [-0.2, -0.15) is 0 Å². The maximum atomic E-state index is 4.46. The third kappa shape index (κ3) is 1.73. The average molecular weight is 244 g/mol. The Morgan fingerprint density at radius 2 is 1.94 bits per heavy atom. The molecule has 1 aromatic heterocycles. The molecule has 0 amide bonds. The number of anilines is 1. The fourth-order valence-corrected chi connectivity index (χ4v) is 3.76. The molecule has 2 nitrogen and oxygen atoms in total. The van der Waals surface area contributed by atoms with Gasteiger partial charge < -0.3 is 5.32 Å². The number of nitrogens with zero attached hydrogens (tertiary/aromatic N) is 1. The largest absolute Gasteiger partial charge is 0.367 e. The zero-order valence-electron chi connectivity index (χ0n) is 11.9. The van der Waals surface area contributed by atoms with Gasteiger partial charge in [-0.15, -0.1) is 0 Å². The second-order valence-electron chi connectivity index (χ2n) is 6.68. The first-order valence-electron chi connectivity index (χ1n) is 7.30. The van der Waals surface area contributed by atoms with Gasteiger partial charge in [-0.1, -0.05) is 27.7 Å². The van der Waals surface area contributed by atoms with Gasteiger partial charge >= 0.3 is 0 Å². The van der Waals surface area contributed by atoms with Crippen molar-refractivity contribution in [2.24, 2.45) is 23.7 Å². The second-order valence-corrected chi connectivity index (χ2v) is 6.68. The minimum Gasteiger partial charge on any atom is -0.367 e. The van der Waals surface area contributed by atoms with Crippen LogP contribution in [0, 0.1) is 23.7 Å². The molecule has 3 fully saturated rings. The lowest BCUT2D eigenvalue weighted by Crippen LogP contribution is -2.68. The molecule has 0 aromatic carbocycles. The molecular formula is C16H24N2. The number of hydrogen-bond acceptors (Lipinski definition) is 2. The third-order valence-corrected chi connectivity index (χ3v) is 4.99. The van der Waals surface area contributed by atoms with Crippen LogP contribution in [0.1, 0.15) is 45.6 Å². The summed E-state index contributed by atoms with van der Waals surface area (Å²) in [6, 6.07) is 5.04. The van der Waals surface area contributed by atoms with E-state index >= 15 is 0 Å². The predicted octanol–water partition coefficient (Wildman–Crippen LogP) is 3.91. The number of aromatic nitrogens is 1. The lowest BCUT2D eigenvalue weighted by atomic mass is 9.42. The number of pyridine rings is 1. The van der Waals surface area contributed by atoms with Gasteiger partial charge in [0.2, 0.25) is 0 Å². The Morgan fingerprint density at radius 3 is 2.50 bits per heavy atom. The van der Waals surface area contributed by atoms with E-state index in [1.54, 1.807) is 0 Å². The molecule has 0 aliphatic heterocycles. The maximum absolute atomic E-state index is 4.46. The van der Waals surface area contributed by atoms with Gasteiger partial charge in [0.25, 0.3) is 0 Å². The highest BCUT2D eigenvalue weighted by atomic mass is 15.1. The summed E-state index contributed by atoms with van der Waals surface area (Å²) in [6.45, 7) is 9.18. The highest BCUT2D eigenvalue weighted by molar-refractivity contribution is 5.42. The summed E-state index contributed by atoms with van der Waals surface area (Å²) in [5, 5.41) is 3.65. The van der Waals surface area contributed by atoms with Crippen molar-refractivity contribution in [3.63, 3.8) is 0 Å². The van der Waals surface area contributed by atoms with Crippen LogP contribution in [0.3, 0.4) is 0 Å². The molecule has 3 saturated carbocycles. The Balaban J connectivity index is 1.64. The average Bonchev–Trinajstić information content (AvgIpc) is 2.23. The normalized spacial score (nSPS) is 33.2. The van der Waals surface area contributed by atoms with E-state index in [-0.39, 0.29) is 0 Å². The van der Waals surface area contributed by atoms with Gasteiger partial charge in [0.1, 0.15) is 5.82 Å². The molecule has 0 saturated heterocycles. The first-order chi connectivity index (χ1) is 8.58. The Kier molecular flexibility index (Phi) is 2.84. The maximum Gasteiger partial charge on any atom is 0.126 e. The summed E-state index contributed by atoms with van der Waals surface area (Å²) in [5.41, 5.74) is 1.38. The highest BCUT2D eigenvalue weighted by Gasteiger charge is 2.61. The van der Waals surface area contributed by atoms with Crippen LogP contribution < -0.4 is 5.32 Å². The Bertz CT molecular complexity index is 428. The lowest BCUT2D eigenvalue weighted by Gasteiger charge is -2.66. The van der Waals surface area contributed by atoms with Crippen LogP contribution >= 0.6 is 0 Å². The third-order valence-electron chi connectivity index (χ3n) is 4.99. The van der Waals surface area contributed by atoms with E-state index in [4.69, 9.17) is 0 Å².